The highest BCUT2D eigenvalue weighted by Gasteiger charge is 2.46. The zero-order valence-electron chi connectivity index (χ0n) is 42.1. The van der Waals surface area contributed by atoms with Crippen molar-refractivity contribution in [1.82, 2.24) is 9.55 Å². The maximum absolute atomic E-state index is 12.9. The number of aromatic nitrogens is 2. The fourth-order valence-electron chi connectivity index (χ4n) is 7.43. The molecule has 1 fully saturated rings. The monoisotopic (exact) mass is 1050 g/mol. The number of phosphoric acid groups is 2. The van der Waals surface area contributed by atoms with Crippen LogP contribution < -0.4 is 11.4 Å². The summed E-state index contributed by atoms with van der Waals surface area (Å²) in [6.45, 7) is 1.95. The van der Waals surface area contributed by atoms with E-state index in [2.05, 4.69) is 47.4 Å². The molecule has 2 heterocycles. The van der Waals surface area contributed by atoms with Gasteiger partial charge in [-0.05, 0) is 70.3 Å². The molecule has 1 aromatic heterocycles. The quantitative estimate of drug-likeness (QED) is 0.0117. The predicted molar refractivity (Wildman–Crippen MR) is 272 cm³/mol. The van der Waals surface area contributed by atoms with E-state index in [0.717, 1.165) is 62.1 Å². The Morgan fingerprint density at radius 1 is 0.746 bits per heavy atom. The van der Waals surface area contributed by atoms with Gasteiger partial charge in [-0.2, -0.15) is 9.29 Å². The van der Waals surface area contributed by atoms with Gasteiger partial charge in [0.2, 0.25) is 0 Å². The Labute approximate surface area is 421 Å². The van der Waals surface area contributed by atoms with Crippen LogP contribution in [0.1, 0.15) is 181 Å². The van der Waals surface area contributed by atoms with Crippen molar-refractivity contribution in [3.05, 3.63) is 71.4 Å². The summed E-state index contributed by atoms with van der Waals surface area (Å²) in [6.07, 6.45) is 32.2. The number of nitrogens with zero attached hydrogens (tertiary/aromatic N) is 2. The summed E-state index contributed by atoms with van der Waals surface area (Å²) in [6, 6.07) is 1.24. The summed E-state index contributed by atoms with van der Waals surface area (Å²) < 4.78 is 56.6. The van der Waals surface area contributed by atoms with E-state index < -0.39 is 89.8 Å². The summed E-state index contributed by atoms with van der Waals surface area (Å²) in [5, 5.41) is 31.3. The summed E-state index contributed by atoms with van der Waals surface area (Å²) in [5.41, 5.74) is 4.57. The second-order valence-corrected chi connectivity index (χ2v) is 20.9. The van der Waals surface area contributed by atoms with Gasteiger partial charge in [0.05, 0.1) is 19.3 Å². The molecule has 0 radical (unpaired) electrons. The van der Waals surface area contributed by atoms with Crippen LogP contribution >= 0.6 is 15.6 Å². The highest BCUT2D eigenvalue weighted by Crippen LogP contribution is 2.60. The first-order valence-electron chi connectivity index (χ1n) is 25.8. The van der Waals surface area contributed by atoms with Crippen LogP contribution in [0.25, 0.3) is 0 Å². The highest BCUT2D eigenvalue weighted by molar-refractivity contribution is 7.61. The number of nitrogen functional groups attached to an aromatic ring is 1. The molecule has 0 saturated carbocycles. The maximum Gasteiger partial charge on any atom is 0.481 e. The minimum absolute atomic E-state index is 0.000241. The molecule has 8 atom stereocenters. The van der Waals surface area contributed by atoms with Crippen LogP contribution in [0.5, 0.6) is 0 Å². The third kappa shape index (κ3) is 31.1. The third-order valence-corrected chi connectivity index (χ3v) is 14.1. The topological polar surface area (TPSA) is 286 Å². The lowest BCUT2D eigenvalue weighted by Crippen LogP contribution is -2.36. The standard InChI is InChI=1S/C50H85N3O16P2/c1-3-5-7-9-11-13-15-17-18-20-22-24-26-28-30-34-46(56)67-42(38-64-45(55)35-31-33-41(54)32-29-27-25-23-21-19-16-14-12-10-8-6-4-2)39-65-70(60,61)69-71(62,63)66-40-43-47(57)48(58)49(68-43)53-37-36-44(51)52-50(53)59/h17-19,21,25,27,29,32,36-37,41-43,47-49,54,57-58H,3-16,20,22-24,26,28,30-31,33-35,38-40H2,1-2H3,(H,60,61)(H,62,63)(H2,51,52,59)/b18-17-,21-19+,27-25+,32-29+/t41?,42-,43-,47-,48-,49-/m1/s1. The normalized spacial score (nSPS) is 20.0. The van der Waals surface area contributed by atoms with Gasteiger partial charge in [-0.15, -0.1) is 0 Å². The van der Waals surface area contributed by atoms with Crippen molar-refractivity contribution in [3.63, 3.8) is 0 Å². The van der Waals surface area contributed by atoms with E-state index in [4.69, 9.17) is 29.0 Å². The Balaban J connectivity index is 1.85. The van der Waals surface area contributed by atoms with Crippen molar-refractivity contribution < 1.29 is 71.4 Å². The second kappa shape index (κ2) is 38.3. The third-order valence-electron chi connectivity index (χ3n) is 11.5. The van der Waals surface area contributed by atoms with Gasteiger partial charge >= 0.3 is 33.3 Å². The first-order chi connectivity index (χ1) is 34.1. The molecule has 1 aromatic rings. The number of hydrogen-bond donors (Lipinski definition) is 6. The number of anilines is 1. The molecule has 3 unspecified atom stereocenters. The smallest absolute Gasteiger partial charge is 0.462 e. The predicted octanol–water partition coefficient (Wildman–Crippen LogP) is 9.53. The van der Waals surface area contributed by atoms with Crippen molar-refractivity contribution in [2.75, 3.05) is 25.6 Å². The summed E-state index contributed by atoms with van der Waals surface area (Å²) in [7, 11) is -10.9. The van der Waals surface area contributed by atoms with E-state index in [1.54, 1.807) is 12.2 Å². The summed E-state index contributed by atoms with van der Waals surface area (Å²) in [4.78, 5) is 61.9. The van der Waals surface area contributed by atoms with Gasteiger partial charge in [0.25, 0.3) is 0 Å². The van der Waals surface area contributed by atoms with Crippen LogP contribution in [0.2, 0.25) is 0 Å². The lowest BCUT2D eigenvalue weighted by Gasteiger charge is -2.21. The zero-order chi connectivity index (χ0) is 52.2. The molecule has 19 nitrogen and oxygen atoms in total. The largest absolute Gasteiger partial charge is 0.481 e. The van der Waals surface area contributed by atoms with E-state index in [-0.39, 0.29) is 31.5 Å². The van der Waals surface area contributed by atoms with E-state index in [1.165, 1.54) is 83.1 Å². The molecule has 1 aliphatic heterocycles. The van der Waals surface area contributed by atoms with Crippen molar-refractivity contribution in [2.24, 2.45) is 0 Å². The first-order valence-corrected chi connectivity index (χ1v) is 28.7. The molecule has 0 aromatic carbocycles. The Morgan fingerprint density at radius 2 is 1.31 bits per heavy atom. The molecule has 1 aliphatic rings. The summed E-state index contributed by atoms with van der Waals surface area (Å²) in [5.74, 6) is -1.51. The number of carbonyl (C=O) groups excluding carboxylic acids is 2. The van der Waals surface area contributed by atoms with E-state index in [1.807, 2.05) is 12.2 Å². The number of esters is 2. The molecule has 2 rings (SSSR count). The Hall–Kier alpha value is -3.32. The van der Waals surface area contributed by atoms with Gasteiger partial charge in [0.15, 0.2) is 12.3 Å². The van der Waals surface area contributed by atoms with Crippen LogP contribution in [-0.2, 0) is 46.3 Å². The van der Waals surface area contributed by atoms with Gasteiger partial charge in [-0.3, -0.25) is 23.2 Å². The lowest BCUT2D eigenvalue weighted by molar-refractivity contribution is -0.161. The fourth-order valence-corrected chi connectivity index (χ4v) is 9.54. The van der Waals surface area contributed by atoms with Crippen molar-refractivity contribution >= 4 is 33.4 Å². The minimum Gasteiger partial charge on any atom is -0.462 e. The van der Waals surface area contributed by atoms with E-state index >= 15 is 0 Å². The number of aliphatic hydroxyl groups is 3. The zero-order valence-corrected chi connectivity index (χ0v) is 43.9. The number of allylic oxidation sites excluding steroid dienone is 7. The number of phosphoric ester groups is 2. The fraction of sp³-hybridized carbons (Fsp3) is 0.720. The molecule has 0 spiro atoms. The van der Waals surface area contributed by atoms with Crippen molar-refractivity contribution in [1.29, 1.82) is 0 Å². The van der Waals surface area contributed by atoms with Gasteiger partial charge < -0.3 is 45.1 Å². The number of hydrogen-bond acceptors (Lipinski definition) is 16. The molecular formula is C50H85N3O16P2. The number of carbonyl (C=O) groups is 2. The SMILES string of the molecule is CCCCCCCC/C=C\CCCCCCCC(=O)O[C@H](COC(=O)CCCC(O)/C=C/C=C/C/C=C/CCCCCCCC)COP(=O)(O)OP(=O)(O)OC[C@H]1O[C@@H](n2ccc(N)nc2=O)[C@H](O)[C@@H]1O. The maximum atomic E-state index is 12.9. The molecule has 71 heavy (non-hydrogen) atoms. The van der Waals surface area contributed by atoms with Gasteiger partial charge in [0, 0.05) is 19.0 Å². The highest BCUT2D eigenvalue weighted by atomic mass is 31.3. The number of nitrogens with two attached hydrogens (primary N) is 1. The minimum atomic E-state index is -5.46. The number of unbranched alkanes of at least 4 members (excludes halogenated alkanes) is 17. The molecule has 21 heteroatoms. The average molecular weight is 1050 g/mol. The molecular weight excluding hydrogens is 961 g/mol. The molecule has 0 aliphatic carbocycles. The van der Waals surface area contributed by atoms with Crippen LogP contribution in [0.4, 0.5) is 5.82 Å². The van der Waals surface area contributed by atoms with Crippen LogP contribution in [-0.4, -0.2) is 96.9 Å². The summed E-state index contributed by atoms with van der Waals surface area (Å²) >= 11 is 0. The van der Waals surface area contributed by atoms with E-state index in [9.17, 15) is 48.6 Å². The van der Waals surface area contributed by atoms with Gasteiger partial charge in [-0.25, -0.2) is 13.9 Å². The number of aliphatic hydroxyl groups excluding tert-OH is 3. The van der Waals surface area contributed by atoms with Crippen LogP contribution in [0, 0.1) is 0 Å². The van der Waals surface area contributed by atoms with Crippen molar-refractivity contribution in [2.45, 2.75) is 211 Å². The lowest BCUT2D eigenvalue weighted by atomic mass is 10.1. The van der Waals surface area contributed by atoms with Gasteiger partial charge in [0.1, 0.15) is 30.7 Å². The Kier molecular flexibility index (Phi) is 34.4. The molecule has 1 saturated heterocycles. The van der Waals surface area contributed by atoms with E-state index in [0.29, 0.717) is 6.42 Å². The Bertz CT molecular complexity index is 1890. The van der Waals surface area contributed by atoms with Crippen LogP contribution in [0.3, 0.4) is 0 Å². The van der Waals surface area contributed by atoms with Crippen LogP contribution in [0.15, 0.2) is 65.7 Å². The second-order valence-electron chi connectivity index (χ2n) is 17.9. The van der Waals surface area contributed by atoms with Crippen molar-refractivity contribution in [3.8, 4) is 0 Å². The molecule has 0 bridgehead atoms. The number of ether oxygens (including phenoxy) is 3. The first kappa shape index (κ1) is 63.8. The molecule has 7 N–H and O–H groups in total. The molecule has 406 valence electrons. The number of rotatable bonds is 42. The van der Waals surface area contributed by atoms with Gasteiger partial charge in [-0.1, -0.05) is 146 Å². The Morgan fingerprint density at radius 3 is 1.93 bits per heavy atom. The average Bonchev–Trinajstić information content (AvgIpc) is 3.60. The molecule has 0 amide bonds.